The highest BCUT2D eigenvalue weighted by Crippen LogP contribution is 2.21. The second-order valence-corrected chi connectivity index (χ2v) is 5.80. The van der Waals surface area contributed by atoms with Gasteiger partial charge in [0.05, 0.1) is 0 Å². The first-order valence-electron chi connectivity index (χ1n) is 8.25. The standard InChI is InChI=1S/C18H23FN2O3/c1-2-20-18(23)21-15-8-10-16(11-9-15)24-17(22)12-5-13-3-6-14(19)7-4-13/h3-7,12,15-16H,2,8-11H2,1H3,(H2,20,21,23)/b12-5+. The second-order valence-electron chi connectivity index (χ2n) is 5.80. The first kappa shape index (κ1) is 18.0. The van der Waals surface area contributed by atoms with Crippen LogP contribution in [0.4, 0.5) is 9.18 Å². The quantitative estimate of drug-likeness (QED) is 0.642. The highest BCUT2D eigenvalue weighted by molar-refractivity contribution is 5.87. The number of ether oxygens (including phenoxy) is 1. The number of hydrogen-bond acceptors (Lipinski definition) is 3. The number of amides is 2. The van der Waals surface area contributed by atoms with Crippen LogP contribution >= 0.6 is 0 Å². The Morgan fingerprint density at radius 2 is 1.88 bits per heavy atom. The van der Waals surface area contributed by atoms with Crippen LogP contribution in [0.3, 0.4) is 0 Å². The summed E-state index contributed by atoms with van der Waals surface area (Å²) in [6.07, 6.45) is 5.87. The first-order chi connectivity index (χ1) is 11.6. The van der Waals surface area contributed by atoms with E-state index >= 15 is 0 Å². The molecule has 0 unspecified atom stereocenters. The molecular formula is C18H23FN2O3. The molecule has 1 saturated carbocycles. The lowest BCUT2D eigenvalue weighted by Gasteiger charge is -2.28. The van der Waals surface area contributed by atoms with E-state index in [2.05, 4.69) is 10.6 Å². The molecule has 2 N–H and O–H groups in total. The molecule has 0 heterocycles. The lowest BCUT2D eigenvalue weighted by molar-refractivity contribution is -0.144. The molecule has 2 rings (SSSR count). The topological polar surface area (TPSA) is 67.4 Å². The number of carbonyl (C=O) groups is 2. The highest BCUT2D eigenvalue weighted by atomic mass is 19.1. The maximum atomic E-state index is 12.8. The molecule has 1 aromatic rings. The molecule has 0 spiro atoms. The van der Waals surface area contributed by atoms with Gasteiger partial charge in [-0.1, -0.05) is 12.1 Å². The first-order valence-corrected chi connectivity index (χ1v) is 8.25. The van der Waals surface area contributed by atoms with Crippen LogP contribution in [0, 0.1) is 5.82 Å². The van der Waals surface area contributed by atoms with Gasteiger partial charge in [0, 0.05) is 18.7 Å². The number of urea groups is 1. The van der Waals surface area contributed by atoms with Gasteiger partial charge in [-0.2, -0.15) is 0 Å². The van der Waals surface area contributed by atoms with Gasteiger partial charge in [0.25, 0.3) is 0 Å². The van der Waals surface area contributed by atoms with Crippen LogP contribution in [0.1, 0.15) is 38.2 Å². The van der Waals surface area contributed by atoms with Gasteiger partial charge in [0.1, 0.15) is 11.9 Å². The summed E-state index contributed by atoms with van der Waals surface area (Å²) in [5.41, 5.74) is 0.739. The Hall–Kier alpha value is -2.37. The molecule has 0 aliphatic heterocycles. The molecule has 6 heteroatoms. The van der Waals surface area contributed by atoms with Crippen LogP contribution in [0.15, 0.2) is 30.3 Å². The van der Waals surface area contributed by atoms with Crippen LogP contribution in [-0.2, 0) is 9.53 Å². The van der Waals surface area contributed by atoms with Crippen molar-refractivity contribution < 1.29 is 18.7 Å². The van der Waals surface area contributed by atoms with E-state index in [4.69, 9.17) is 4.74 Å². The lowest BCUT2D eigenvalue weighted by atomic mass is 9.93. The molecule has 1 aliphatic rings. The fourth-order valence-corrected chi connectivity index (χ4v) is 2.66. The van der Waals surface area contributed by atoms with Crippen molar-refractivity contribution in [1.82, 2.24) is 10.6 Å². The summed E-state index contributed by atoms with van der Waals surface area (Å²) in [4.78, 5) is 23.3. The Bertz CT molecular complexity index is 578. The van der Waals surface area contributed by atoms with Gasteiger partial charge < -0.3 is 15.4 Å². The zero-order valence-corrected chi connectivity index (χ0v) is 13.8. The minimum atomic E-state index is -0.403. The van der Waals surface area contributed by atoms with Crippen LogP contribution in [0.2, 0.25) is 0 Å². The van der Waals surface area contributed by atoms with E-state index in [1.807, 2.05) is 6.92 Å². The number of carbonyl (C=O) groups excluding carboxylic acids is 2. The second kappa shape index (κ2) is 9.05. The molecule has 1 fully saturated rings. The number of halogens is 1. The van der Waals surface area contributed by atoms with E-state index in [1.54, 1.807) is 18.2 Å². The number of benzene rings is 1. The summed E-state index contributed by atoms with van der Waals surface area (Å²) in [6, 6.07) is 5.85. The monoisotopic (exact) mass is 334 g/mol. The van der Waals surface area contributed by atoms with Gasteiger partial charge in [0.2, 0.25) is 0 Å². The van der Waals surface area contributed by atoms with Crippen LogP contribution in [-0.4, -0.2) is 30.7 Å². The van der Waals surface area contributed by atoms with Crippen molar-refractivity contribution in [3.05, 3.63) is 41.7 Å². The van der Waals surface area contributed by atoms with Crippen molar-refractivity contribution in [2.45, 2.75) is 44.8 Å². The largest absolute Gasteiger partial charge is 0.459 e. The van der Waals surface area contributed by atoms with Gasteiger partial charge in [-0.25, -0.2) is 14.0 Å². The summed E-state index contributed by atoms with van der Waals surface area (Å²) in [5.74, 6) is -0.716. The van der Waals surface area contributed by atoms with Crippen molar-refractivity contribution in [3.8, 4) is 0 Å². The molecule has 0 atom stereocenters. The molecular weight excluding hydrogens is 311 g/mol. The summed E-state index contributed by atoms with van der Waals surface area (Å²) < 4.78 is 18.2. The maximum Gasteiger partial charge on any atom is 0.331 e. The summed E-state index contributed by atoms with van der Waals surface area (Å²) in [5, 5.41) is 5.61. The molecule has 5 nitrogen and oxygen atoms in total. The van der Waals surface area contributed by atoms with Crippen molar-refractivity contribution in [2.75, 3.05) is 6.54 Å². The number of esters is 1. The Morgan fingerprint density at radius 3 is 2.50 bits per heavy atom. The fourth-order valence-electron chi connectivity index (χ4n) is 2.66. The molecule has 0 aromatic heterocycles. The molecule has 1 aliphatic carbocycles. The Labute approximate surface area is 141 Å². The lowest BCUT2D eigenvalue weighted by Crippen LogP contribution is -2.44. The normalized spacial score (nSPS) is 20.6. The zero-order chi connectivity index (χ0) is 17.4. The SMILES string of the molecule is CCNC(=O)NC1CCC(OC(=O)/C=C/c2ccc(F)cc2)CC1. The third kappa shape index (κ3) is 6.02. The Kier molecular flexibility index (Phi) is 6.78. The van der Waals surface area contributed by atoms with Crippen LogP contribution < -0.4 is 10.6 Å². The smallest absolute Gasteiger partial charge is 0.331 e. The molecule has 0 bridgehead atoms. The van der Waals surface area contributed by atoms with Crippen molar-refractivity contribution in [3.63, 3.8) is 0 Å². The van der Waals surface area contributed by atoms with Gasteiger partial charge in [-0.05, 0) is 56.4 Å². The van der Waals surface area contributed by atoms with E-state index in [1.165, 1.54) is 18.2 Å². The Balaban J connectivity index is 1.72. The average Bonchev–Trinajstić information content (AvgIpc) is 2.56. The highest BCUT2D eigenvalue weighted by Gasteiger charge is 2.24. The van der Waals surface area contributed by atoms with E-state index in [0.717, 1.165) is 31.2 Å². The molecule has 0 radical (unpaired) electrons. The number of nitrogens with one attached hydrogen (secondary N) is 2. The van der Waals surface area contributed by atoms with Crippen molar-refractivity contribution in [2.24, 2.45) is 0 Å². The summed E-state index contributed by atoms with van der Waals surface area (Å²) in [7, 11) is 0. The van der Waals surface area contributed by atoms with Gasteiger partial charge >= 0.3 is 12.0 Å². The number of rotatable bonds is 5. The van der Waals surface area contributed by atoms with Gasteiger partial charge in [-0.3, -0.25) is 0 Å². The third-order valence-electron chi connectivity index (χ3n) is 3.91. The fraction of sp³-hybridized carbons (Fsp3) is 0.444. The predicted octanol–water partition coefficient (Wildman–Crippen LogP) is 3.01. The van der Waals surface area contributed by atoms with E-state index in [0.29, 0.717) is 6.54 Å². The van der Waals surface area contributed by atoms with E-state index in [-0.39, 0.29) is 24.0 Å². The van der Waals surface area contributed by atoms with E-state index in [9.17, 15) is 14.0 Å². The predicted molar refractivity (Wildman–Crippen MR) is 89.8 cm³/mol. The van der Waals surface area contributed by atoms with Gasteiger partial charge in [0.15, 0.2) is 0 Å². The summed E-state index contributed by atoms with van der Waals surface area (Å²) in [6.45, 7) is 2.47. The molecule has 0 saturated heterocycles. The Morgan fingerprint density at radius 1 is 1.21 bits per heavy atom. The minimum Gasteiger partial charge on any atom is -0.459 e. The van der Waals surface area contributed by atoms with Crippen molar-refractivity contribution in [1.29, 1.82) is 0 Å². The minimum absolute atomic E-state index is 0.123. The average molecular weight is 334 g/mol. The molecule has 24 heavy (non-hydrogen) atoms. The number of hydrogen-bond donors (Lipinski definition) is 2. The van der Waals surface area contributed by atoms with Crippen molar-refractivity contribution >= 4 is 18.1 Å². The third-order valence-corrected chi connectivity index (χ3v) is 3.91. The van der Waals surface area contributed by atoms with E-state index < -0.39 is 5.97 Å². The van der Waals surface area contributed by atoms with Crippen LogP contribution in [0.25, 0.3) is 6.08 Å². The molecule has 130 valence electrons. The van der Waals surface area contributed by atoms with Crippen LogP contribution in [0.5, 0.6) is 0 Å². The molecule has 2 amide bonds. The van der Waals surface area contributed by atoms with Gasteiger partial charge in [-0.15, -0.1) is 0 Å². The molecule has 1 aromatic carbocycles. The summed E-state index contributed by atoms with van der Waals surface area (Å²) >= 11 is 0. The zero-order valence-electron chi connectivity index (χ0n) is 13.8. The maximum absolute atomic E-state index is 12.8.